The summed E-state index contributed by atoms with van der Waals surface area (Å²) in [6.07, 6.45) is 3.04. The van der Waals surface area contributed by atoms with Crippen molar-refractivity contribution in [3.8, 4) is 0 Å². The van der Waals surface area contributed by atoms with Gasteiger partial charge in [0.25, 0.3) is 0 Å². The normalized spacial score (nSPS) is 22.5. The molecule has 1 saturated heterocycles. The SMILES string of the molecule is CC(NC1CCS(=O)(=O)CC1)c1nncn1C. The Bertz CT molecular complexity index is 468. The molecule has 1 unspecified atom stereocenters. The van der Waals surface area contributed by atoms with Crippen molar-refractivity contribution in [1.82, 2.24) is 20.1 Å². The molecule has 1 atom stereocenters. The first-order valence-corrected chi connectivity index (χ1v) is 7.60. The van der Waals surface area contributed by atoms with Gasteiger partial charge in [-0.25, -0.2) is 8.42 Å². The Hall–Kier alpha value is -0.950. The highest BCUT2D eigenvalue weighted by molar-refractivity contribution is 7.91. The molecule has 0 aliphatic carbocycles. The van der Waals surface area contributed by atoms with Gasteiger partial charge in [-0.15, -0.1) is 10.2 Å². The molecule has 1 aromatic rings. The van der Waals surface area contributed by atoms with E-state index in [1.165, 1.54) is 0 Å². The third kappa shape index (κ3) is 3.04. The molecule has 1 N–H and O–H groups in total. The lowest BCUT2D eigenvalue weighted by molar-refractivity contribution is 0.405. The van der Waals surface area contributed by atoms with Crippen LogP contribution < -0.4 is 5.32 Å². The second kappa shape index (κ2) is 4.73. The molecule has 0 spiro atoms. The summed E-state index contributed by atoms with van der Waals surface area (Å²) in [5.74, 6) is 1.45. The van der Waals surface area contributed by atoms with Gasteiger partial charge in [-0.2, -0.15) is 0 Å². The maximum atomic E-state index is 11.3. The molecule has 0 aromatic carbocycles. The molecule has 1 aliphatic heterocycles. The molecule has 7 heteroatoms. The first-order valence-electron chi connectivity index (χ1n) is 5.78. The first kappa shape index (κ1) is 12.5. The topological polar surface area (TPSA) is 76.9 Å². The smallest absolute Gasteiger partial charge is 0.150 e. The van der Waals surface area contributed by atoms with Crippen LogP contribution in [-0.2, 0) is 16.9 Å². The summed E-state index contributed by atoms with van der Waals surface area (Å²) in [4.78, 5) is 0. The van der Waals surface area contributed by atoms with Gasteiger partial charge in [0, 0.05) is 13.1 Å². The number of hydrogen-bond acceptors (Lipinski definition) is 5. The molecule has 0 amide bonds. The van der Waals surface area contributed by atoms with Crippen molar-refractivity contribution >= 4 is 9.84 Å². The van der Waals surface area contributed by atoms with E-state index in [9.17, 15) is 8.42 Å². The Labute approximate surface area is 101 Å². The lowest BCUT2D eigenvalue weighted by atomic mass is 10.1. The van der Waals surface area contributed by atoms with Gasteiger partial charge < -0.3 is 9.88 Å². The molecule has 1 aromatic heterocycles. The van der Waals surface area contributed by atoms with Crippen LogP contribution >= 0.6 is 0 Å². The van der Waals surface area contributed by atoms with Crippen LogP contribution in [-0.4, -0.2) is 40.7 Å². The van der Waals surface area contributed by atoms with Gasteiger partial charge in [0.05, 0.1) is 17.5 Å². The largest absolute Gasteiger partial charge is 0.319 e. The molecule has 0 radical (unpaired) electrons. The molecule has 96 valence electrons. The van der Waals surface area contributed by atoms with Crippen molar-refractivity contribution in [3.05, 3.63) is 12.2 Å². The number of aryl methyl sites for hydroxylation is 1. The Morgan fingerprint density at radius 2 is 2.12 bits per heavy atom. The lowest BCUT2D eigenvalue weighted by Gasteiger charge is -2.26. The summed E-state index contributed by atoms with van der Waals surface area (Å²) in [6, 6.07) is 0.346. The Kier molecular flexibility index (Phi) is 3.48. The fourth-order valence-electron chi connectivity index (χ4n) is 2.17. The van der Waals surface area contributed by atoms with Crippen LogP contribution in [0, 0.1) is 0 Å². The lowest BCUT2D eigenvalue weighted by Crippen LogP contribution is -2.39. The maximum Gasteiger partial charge on any atom is 0.150 e. The van der Waals surface area contributed by atoms with E-state index in [4.69, 9.17) is 0 Å². The fourth-order valence-corrected chi connectivity index (χ4v) is 3.66. The molecule has 1 aliphatic rings. The van der Waals surface area contributed by atoms with E-state index in [0.717, 1.165) is 5.82 Å². The van der Waals surface area contributed by atoms with E-state index in [2.05, 4.69) is 15.5 Å². The minimum absolute atomic E-state index is 0.0910. The Morgan fingerprint density at radius 3 is 2.65 bits per heavy atom. The molecule has 17 heavy (non-hydrogen) atoms. The minimum atomic E-state index is -2.79. The van der Waals surface area contributed by atoms with E-state index in [1.54, 1.807) is 6.33 Å². The summed E-state index contributed by atoms with van der Waals surface area (Å²) in [5, 5.41) is 11.3. The first-order chi connectivity index (χ1) is 7.98. The van der Waals surface area contributed by atoms with Gasteiger partial charge in [0.15, 0.2) is 0 Å². The van der Waals surface area contributed by atoms with Gasteiger partial charge in [0.1, 0.15) is 22.0 Å². The van der Waals surface area contributed by atoms with Gasteiger partial charge >= 0.3 is 0 Å². The average Bonchev–Trinajstić information content (AvgIpc) is 2.68. The predicted molar refractivity (Wildman–Crippen MR) is 64.2 cm³/mol. The zero-order valence-electron chi connectivity index (χ0n) is 10.1. The highest BCUT2D eigenvalue weighted by atomic mass is 32.2. The van der Waals surface area contributed by atoms with Crippen molar-refractivity contribution in [2.75, 3.05) is 11.5 Å². The van der Waals surface area contributed by atoms with Crippen LogP contribution in [0.15, 0.2) is 6.33 Å². The second-order valence-corrected chi connectivity index (χ2v) is 6.92. The van der Waals surface area contributed by atoms with Crippen molar-refractivity contribution in [1.29, 1.82) is 0 Å². The van der Waals surface area contributed by atoms with E-state index >= 15 is 0 Å². The number of rotatable bonds is 3. The van der Waals surface area contributed by atoms with Crippen molar-refractivity contribution in [3.63, 3.8) is 0 Å². The predicted octanol–water partition coefficient (Wildman–Crippen LogP) is 0.0429. The standard InChI is InChI=1S/C10H18N4O2S/c1-8(10-13-11-7-14(10)2)12-9-3-5-17(15,16)6-4-9/h7-9,12H,3-6H2,1-2H3. The third-order valence-corrected chi connectivity index (χ3v) is 4.89. The minimum Gasteiger partial charge on any atom is -0.319 e. The van der Waals surface area contributed by atoms with Crippen molar-refractivity contribution in [2.24, 2.45) is 7.05 Å². The zero-order valence-corrected chi connectivity index (χ0v) is 10.9. The van der Waals surface area contributed by atoms with Crippen molar-refractivity contribution < 1.29 is 8.42 Å². The van der Waals surface area contributed by atoms with Gasteiger partial charge in [-0.05, 0) is 19.8 Å². The molecule has 1 fully saturated rings. The Balaban J connectivity index is 1.92. The van der Waals surface area contributed by atoms with Crippen molar-refractivity contribution in [2.45, 2.75) is 31.8 Å². The third-order valence-electron chi connectivity index (χ3n) is 3.17. The molecule has 2 rings (SSSR count). The second-order valence-electron chi connectivity index (χ2n) is 4.61. The molecule has 0 bridgehead atoms. The van der Waals surface area contributed by atoms with Crippen LogP contribution in [0.2, 0.25) is 0 Å². The summed E-state index contributed by atoms with van der Waals surface area (Å²) in [5.41, 5.74) is 0. The van der Waals surface area contributed by atoms with Gasteiger partial charge in [-0.1, -0.05) is 0 Å². The molecule has 2 heterocycles. The van der Waals surface area contributed by atoms with Crippen LogP contribution in [0.25, 0.3) is 0 Å². The van der Waals surface area contributed by atoms with E-state index < -0.39 is 9.84 Å². The number of nitrogens with one attached hydrogen (secondary N) is 1. The summed E-state index contributed by atoms with van der Waals surface area (Å²) in [7, 11) is -0.885. The number of nitrogens with zero attached hydrogens (tertiary/aromatic N) is 3. The van der Waals surface area contributed by atoms with E-state index in [0.29, 0.717) is 12.8 Å². The van der Waals surface area contributed by atoms with Gasteiger partial charge in [0.2, 0.25) is 0 Å². The quantitative estimate of drug-likeness (QED) is 0.828. The highest BCUT2D eigenvalue weighted by Crippen LogP contribution is 2.16. The van der Waals surface area contributed by atoms with E-state index in [-0.39, 0.29) is 23.6 Å². The van der Waals surface area contributed by atoms with Crippen LogP contribution in [0.3, 0.4) is 0 Å². The molecular weight excluding hydrogens is 240 g/mol. The number of aromatic nitrogens is 3. The Morgan fingerprint density at radius 1 is 1.47 bits per heavy atom. The zero-order chi connectivity index (χ0) is 12.5. The maximum absolute atomic E-state index is 11.3. The monoisotopic (exact) mass is 258 g/mol. The van der Waals surface area contributed by atoms with Crippen LogP contribution in [0.1, 0.15) is 31.6 Å². The fraction of sp³-hybridized carbons (Fsp3) is 0.800. The molecule has 0 saturated carbocycles. The molecular formula is C10H18N4O2S. The van der Waals surface area contributed by atoms with Gasteiger partial charge in [-0.3, -0.25) is 0 Å². The molecule has 6 nitrogen and oxygen atoms in total. The van der Waals surface area contributed by atoms with Crippen LogP contribution in [0.5, 0.6) is 0 Å². The van der Waals surface area contributed by atoms with E-state index in [1.807, 2.05) is 18.5 Å². The van der Waals surface area contributed by atoms with Crippen LogP contribution in [0.4, 0.5) is 0 Å². The summed E-state index contributed by atoms with van der Waals surface area (Å²) < 4.78 is 24.5. The number of sulfone groups is 1. The highest BCUT2D eigenvalue weighted by Gasteiger charge is 2.25. The average molecular weight is 258 g/mol. The summed E-state index contributed by atoms with van der Waals surface area (Å²) in [6.45, 7) is 2.02. The summed E-state index contributed by atoms with van der Waals surface area (Å²) >= 11 is 0. The number of hydrogen-bond donors (Lipinski definition) is 1.